The highest BCUT2D eigenvalue weighted by molar-refractivity contribution is 5.81. The summed E-state index contributed by atoms with van der Waals surface area (Å²) in [5.74, 6) is 0.833. The standard InChI is InChI=1S/C15H27N3O/c1-3-8-17-15(19)12(2)18(14-6-7-14)11-13-5-4-9-16-10-13/h3,12-14,16H,1,4-11H2,2H3,(H,17,19). The van der Waals surface area contributed by atoms with Gasteiger partial charge in [0.1, 0.15) is 0 Å². The molecule has 0 aromatic carbocycles. The summed E-state index contributed by atoms with van der Waals surface area (Å²) in [6, 6.07) is 0.612. The van der Waals surface area contributed by atoms with Crippen LogP contribution in [0.1, 0.15) is 32.6 Å². The SMILES string of the molecule is C=CCNC(=O)C(C)N(CC1CCCNC1)C1CC1. The number of carbonyl (C=O) groups excluding carboxylic acids is 1. The molecule has 2 fully saturated rings. The van der Waals surface area contributed by atoms with E-state index in [0.29, 0.717) is 18.5 Å². The Morgan fingerprint density at radius 1 is 1.53 bits per heavy atom. The fraction of sp³-hybridized carbons (Fsp3) is 0.800. The maximum absolute atomic E-state index is 12.1. The maximum atomic E-state index is 12.1. The summed E-state index contributed by atoms with van der Waals surface area (Å²) in [5.41, 5.74) is 0. The zero-order chi connectivity index (χ0) is 13.7. The van der Waals surface area contributed by atoms with Gasteiger partial charge in [-0.2, -0.15) is 0 Å². The molecule has 1 amide bonds. The molecule has 2 N–H and O–H groups in total. The highest BCUT2D eigenvalue weighted by atomic mass is 16.2. The number of hydrogen-bond donors (Lipinski definition) is 2. The largest absolute Gasteiger partial charge is 0.351 e. The van der Waals surface area contributed by atoms with Gasteiger partial charge in [0.15, 0.2) is 0 Å². The molecular weight excluding hydrogens is 238 g/mol. The first-order chi connectivity index (χ1) is 9.22. The Kier molecular flexibility index (Phi) is 5.40. The minimum absolute atomic E-state index is 0.0191. The third kappa shape index (κ3) is 4.32. The Bertz CT molecular complexity index is 309. The van der Waals surface area contributed by atoms with E-state index in [-0.39, 0.29) is 11.9 Å². The van der Waals surface area contributed by atoms with E-state index in [0.717, 1.165) is 19.6 Å². The molecule has 0 bridgehead atoms. The Morgan fingerprint density at radius 2 is 2.32 bits per heavy atom. The van der Waals surface area contributed by atoms with Gasteiger partial charge in [0.25, 0.3) is 0 Å². The molecular formula is C15H27N3O. The van der Waals surface area contributed by atoms with Gasteiger partial charge >= 0.3 is 0 Å². The first kappa shape index (κ1) is 14.5. The lowest BCUT2D eigenvalue weighted by Crippen LogP contribution is -2.49. The molecule has 2 atom stereocenters. The van der Waals surface area contributed by atoms with E-state index >= 15 is 0 Å². The number of carbonyl (C=O) groups is 1. The van der Waals surface area contributed by atoms with Crippen molar-refractivity contribution in [2.75, 3.05) is 26.2 Å². The predicted octanol–water partition coefficient (Wildman–Crippen LogP) is 1.14. The molecule has 2 unspecified atom stereocenters. The van der Waals surface area contributed by atoms with Gasteiger partial charge in [0, 0.05) is 19.1 Å². The van der Waals surface area contributed by atoms with Crippen molar-refractivity contribution < 1.29 is 4.79 Å². The summed E-state index contributed by atoms with van der Waals surface area (Å²) in [7, 11) is 0. The summed E-state index contributed by atoms with van der Waals surface area (Å²) >= 11 is 0. The van der Waals surface area contributed by atoms with Crippen LogP contribution < -0.4 is 10.6 Å². The van der Waals surface area contributed by atoms with Crippen molar-refractivity contribution in [1.82, 2.24) is 15.5 Å². The average molecular weight is 265 g/mol. The summed E-state index contributed by atoms with van der Waals surface area (Å²) < 4.78 is 0. The van der Waals surface area contributed by atoms with Gasteiger partial charge in [-0.1, -0.05) is 6.08 Å². The van der Waals surface area contributed by atoms with Gasteiger partial charge in [-0.15, -0.1) is 6.58 Å². The van der Waals surface area contributed by atoms with Gasteiger partial charge in [-0.25, -0.2) is 0 Å². The molecule has 0 aromatic heterocycles. The van der Waals surface area contributed by atoms with E-state index in [1.54, 1.807) is 6.08 Å². The van der Waals surface area contributed by atoms with Gasteiger partial charge in [-0.3, -0.25) is 9.69 Å². The Hall–Kier alpha value is -0.870. The highest BCUT2D eigenvalue weighted by Gasteiger charge is 2.36. The van der Waals surface area contributed by atoms with Crippen LogP contribution in [0.15, 0.2) is 12.7 Å². The Labute approximate surface area is 116 Å². The lowest BCUT2D eigenvalue weighted by molar-refractivity contribution is -0.126. The van der Waals surface area contributed by atoms with Crippen molar-refractivity contribution in [2.45, 2.75) is 44.7 Å². The fourth-order valence-electron chi connectivity index (χ4n) is 2.88. The van der Waals surface area contributed by atoms with E-state index < -0.39 is 0 Å². The van der Waals surface area contributed by atoms with Crippen molar-refractivity contribution in [2.24, 2.45) is 5.92 Å². The molecule has 1 aliphatic carbocycles. The highest BCUT2D eigenvalue weighted by Crippen LogP contribution is 2.30. The van der Waals surface area contributed by atoms with Crippen LogP contribution in [-0.2, 0) is 4.79 Å². The van der Waals surface area contributed by atoms with Crippen molar-refractivity contribution in [3.05, 3.63) is 12.7 Å². The first-order valence-electron chi connectivity index (χ1n) is 7.57. The second-order valence-electron chi connectivity index (χ2n) is 5.85. The second kappa shape index (κ2) is 7.06. The zero-order valence-electron chi connectivity index (χ0n) is 12.0. The van der Waals surface area contributed by atoms with E-state index in [9.17, 15) is 4.79 Å². The lowest BCUT2D eigenvalue weighted by Gasteiger charge is -2.33. The zero-order valence-corrected chi connectivity index (χ0v) is 12.0. The molecule has 0 aromatic rings. The van der Waals surface area contributed by atoms with Crippen LogP contribution in [0, 0.1) is 5.92 Å². The molecule has 1 saturated heterocycles. The lowest BCUT2D eigenvalue weighted by atomic mass is 9.98. The Morgan fingerprint density at radius 3 is 2.89 bits per heavy atom. The summed E-state index contributed by atoms with van der Waals surface area (Å²) in [6.07, 6.45) is 6.78. The molecule has 2 rings (SSSR count). The van der Waals surface area contributed by atoms with Gasteiger partial charge < -0.3 is 10.6 Å². The minimum atomic E-state index is -0.0191. The van der Waals surface area contributed by atoms with Crippen LogP contribution in [0.25, 0.3) is 0 Å². The fourth-order valence-corrected chi connectivity index (χ4v) is 2.88. The third-order valence-corrected chi connectivity index (χ3v) is 4.18. The van der Waals surface area contributed by atoms with Crippen LogP contribution in [0.5, 0.6) is 0 Å². The topological polar surface area (TPSA) is 44.4 Å². The van der Waals surface area contributed by atoms with Crippen molar-refractivity contribution >= 4 is 5.91 Å². The molecule has 108 valence electrons. The van der Waals surface area contributed by atoms with Gasteiger partial charge in [-0.05, 0) is 51.6 Å². The second-order valence-corrected chi connectivity index (χ2v) is 5.85. The van der Waals surface area contributed by atoms with E-state index in [1.807, 2.05) is 6.92 Å². The maximum Gasteiger partial charge on any atom is 0.237 e. The number of nitrogens with zero attached hydrogens (tertiary/aromatic N) is 1. The third-order valence-electron chi connectivity index (χ3n) is 4.18. The number of rotatable bonds is 7. The smallest absolute Gasteiger partial charge is 0.237 e. The van der Waals surface area contributed by atoms with Gasteiger partial charge in [0.2, 0.25) is 5.91 Å². The number of amides is 1. The number of nitrogens with one attached hydrogen (secondary N) is 2. The molecule has 4 nitrogen and oxygen atoms in total. The van der Waals surface area contributed by atoms with Crippen molar-refractivity contribution in [3.8, 4) is 0 Å². The monoisotopic (exact) mass is 265 g/mol. The van der Waals surface area contributed by atoms with Crippen LogP contribution >= 0.6 is 0 Å². The van der Waals surface area contributed by atoms with E-state index in [2.05, 4.69) is 22.1 Å². The molecule has 0 spiro atoms. The Balaban J connectivity index is 1.87. The molecule has 1 saturated carbocycles. The van der Waals surface area contributed by atoms with E-state index in [1.165, 1.54) is 25.7 Å². The predicted molar refractivity (Wildman–Crippen MR) is 78.0 cm³/mol. The first-order valence-corrected chi connectivity index (χ1v) is 7.57. The van der Waals surface area contributed by atoms with E-state index in [4.69, 9.17) is 0 Å². The average Bonchev–Trinajstić information content (AvgIpc) is 3.27. The molecule has 0 radical (unpaired) electrons. The summed E-state index contributed by atoms with van der Waals surface area (Å²) in [6.45, 7) is 9.54. The summed E-state index contributed by atoms with van der Waals surface area (Å²) in [5, 5.41) is 6.38. The summed E-state index contributed by atoms with van der Waals surface area (Å²) in [4.78, 5) is 14.5. The van der Waals surface area contributed by atoms with Crippen LogP contribution in [0.2, 0.25) is 0 Å². The van der Waals surface area contributed by atoms with Crippen LogP contribution in [0.4, 0.5) is 0 Å². The van der Waals surface area contributed by atoms with Crippen molar-refractivity contribution in [1.29, 1.82) is 0 Å². The molecule has 2 aliphatic rings. The number of hydrogen-bond acceptors (Lipinski definition) is 3. The molecule has 19 heavy (non-hydrogen) atoms. The minimum Gasteiger partial charge on any atom is -0.351 e. The normalized spacial score (nSPS) is 25.1. The van der Waals surface area contributed by atoms with Crippen LogP contribution in [-0.4, -0.2) is 49.1 Å². The quantitative estimate of drug-likeness (QED) is 0.679. The van der Waals surface area contributed by atoms with Crippen LogP contribution in [0.3, 0.4) is 0 Å². The number of piperidine rings is 1. The molecule has 1 aliphatic heterocycles. The molecule has 4 heteroatoms. The van der Waals surface area contributed by atoms with Gasteiger partial charge in [0.05, 0.1) is 6.04 Å². The van der Waals surface area contributed by atoms with Crippen molar-refractivity contribution in [3.63, 3.8) is 0 Å². The molecule has 1 heterocycles.